The second-order valence-electron chi connectivity index (χ2n) is 16.4. The summed E-state index contributed by atoms with van der Waals surface area (Å²) in [5.74, 6) is -0.872. The molecule has 6 heteroatoms. The van der Waals surface area contributed by atoms with Crippen LogP contribution in [0, 0.1) is 0 Å². The topological polar surface area (TPSA) is 78.9 Å². The molecule has 0 radical (unpaired) electrons. The maximum Gasteiger partial charge on any atom is 0.306 e. The molecule has 0 aliphatic rings. The van der Waals surface area contributed by atoms with Gasteiger partial charge in [-0.05, 0) is 51.4 Å². The first-order chi connectivity index (χ1) is 28.0. The van der Waals surface area contributed by atoms with Crippen molar-refractivity contribution in [3.63, 3.8) is 0 Å². The predicted octanol–water partition coefficient (Wildman–Crippen LogP) is 15.8. The van der Waals surface area contributed by atoms with Crippen molar-refractivity contribution in [1.29, 1.82) is 0 Å². The minimum Gasteiger partial charge on any atom is -0.462 e. The second kappa shape index (κ2) is 46.3. The molecule has 0 bridgehead atoms. The number of allylic oxidation sites excluding steroid dienone is 6. The number of rotatable bonds is 44. The lowest BCUT2D eigenvalue weighted by atomic mass is 10.1. The normalized spacial score (nSPS) is 12.3. The number of hydrogen-bond donors (Lipinski definition) is 0. The third-order valence-corrected chi connectivity index (χ3v) is 10.7. The Morgan fingerprint density at radius 3 is 1.07 bits per heavy atom. The highest BCUT2D eigenvalue weighted by atomic mass is 16.6. The predicted molar refractivity (Wildman–Crippen MR) is 242 cm³/mol. The summed E-state index contributed by atoms with van der Waals surface area (Å²) in [6.45, 7) is 6.51. The lowest BCUT2D eigenvalue weighted by Crippen LogP contribution is -2.30. The van der Waals surface area contributed by atoms with E-state index in [4.69, 9.17) is 14.2 Å². The summed E-state index contributed by atoms with van der Waals surface area (Å²) in [6, 6.07) is 0. The third kappa shape index (κ3) is 44.6. The van der Waals surface area contributed by atoms with Crippen molar-refractivity contribution >= 4 is 17.9 Å². The fourth-order valence-corrected chi connectivity index (χ4v) is 6.99. The molecule has 0 aliphatic heterocycles. The van der Waals surface area contributed by atoms with E-state index in [0.29, 0.717) is 19.3 Å². The second-order valence-corrected chi connectivity index (χ2v) is 16.4. The zero-order valence-electron chi connectivity index (χ0n) is 37.9. The number of carbonyl (C=O) groups excluding carboxylic acids is 3. The lowest BCUT2D eigenvalue weighted by molar-refractivity contribution is -0.167. The van der Waals surface area contributed by atoms with Crippen molar-refractivity contribution in [1.82, 2.24) is 0 Å². The van der Waals surface area contributed by atoms with Crippen LogP contribution < -0.4 is 0 Å². The first kappa shape index (κ1) is 54.6. The zero-order valence-corrected chi connectivity index (χ0v) is 37.9. The van der Waals surface area contributed by atoms with Crippen molar-refractivity contribution in [3.05, 3.63) is 36.5 Å². The Bertz CT molecular complexity index is 969. The summed E-state index contributed by atoms with van der Waals surface area (Å²) in [5.41, 5.74) is 0. The van der Waals surface area contributed by atoms with Crippen LogP contribution in [0.5, 0.6) is 0 Å². The van der Waals surface area contributed by atoms with E-state index in [-0.39, 0.29) is 31.1 Å². The van der Waals surface area contributed by atoms with Crippen LogP contribution in [0.2, 0.25) is 0 Å². The smallest absolute Gasteiger partial charge is 0.306 e. The average molecular weight is 801 g/mol. The van der Waals surface area contributed by atoms with Crippen LogP contribution in [0.3, 0.4) is 0 Å². The Hall–Kier alpha value is -2.37. The maximum atomic E-state index is 12.7. The van der Waals surface area contributed by atoms with Crippen molar-refractivity contribution in [2.75, 3.05) is 13.2 Å². The van der Waals surface area contributed by atoms with Crippen LogP contribution in [-0.4, -0.2) is 37.2 Å². The van der Waals surface area contributed by atoms with Gasteiger partial charge >= 0.3 is 17.9 Å². The van der Waals surface area contributed by atoms with Gasteiger partial charge in [-0.25, -0.2) is 0 Å². The van der Waals surface area contributed by atoms with E-state index in [0.717, 1.165) is 77.0 Å². The molecule has 0 aromatic rings. The molecule has 0 fully saturated rings. The van der Waals surface area contributed by atoms with Gasteiger partial charge in [0.15, 0.2) is 6.10 Å². The molecular formula is C51H92O6. The molecule has 1 atom stereocenters. The Labute approximate surface area is 353 Å². The third-order valence-electron chi connectivity index (χ3n) is 10.7. The van der Waals surface area contributed by atoms with Crippen LogP contribution in [-0.2, 0) is 28.6 Å². The molecule has 0 aromatic carbocycles. The summed E-state index contributed by atoms with van der Waals surface area (Å²) in [6.07, 6.45) is 52.7. The van der Waals surface area contributed by atoms with Crippen LogP contribution in [0.4, 0.5) is 0 Å². The molecule has 0 heterocycles. The molecular weight excluding hydrogens is 709 g/mol. The minimum absolute atomic E-state index is 0.0701. The quantitative estimate of drug-likeness (QED) is 0.0264. The van der Waals surface area contributed by atoms with Crippen LogP contribution in [0.1, 0.15) is 252 Å². The molecule has 0 amide bonds. The molecule has 57 heavy (non-hydrogen) atoms. The fourth-order valence-electron chi connectivity index (χ4n) is 6.99. The Morgan fingerprint density at radius 2 is 0.684 bits per heavy atom. The molecule has 332 valence electrons. The van der Waals surface area contributed by atoms with Crippen LogP contribution in [0.25, 0.3) is 0 Å². The first-order valence-electron chi connectivity index (χ1n) is 24.5. The molecule has 0 saturated carbocycles. The average Bonchev–Trinajstić information content (AvgIpc) is 3.21. The summed E-state index contributed by atoms with van der Waals surface area (Å²) < 4.78 is 16.7. The summed E-state index contributed by atoms with van der Waals surface area (Å²) in [7, 11) is 0. The monoisotopic (exact) mass is 801 g/mol. The molecule has 0 rings (SSSR count). The highest BCUT2D eigenvalue weighted by Crippen LogP contribution is 2.15. The maximum absolute atomic E-state index is 12.7. The zero-order chi connectivity index (χ0) is 41.5. The van der Waals surface area contributed by atoms with Gasteiger partial charge in [0.05, 0.1) is 0 Å². The van der Waals surface area contributed by atoms with E-state index in [1.54, 1.807) is 0 Å². The van der Waals surface area contributed by atoms with Crippen molar-refractivity contribution in [3.8, 4) is 0 Å². The van der Waals surface area contributed by atoms with Gasteiger partial charge in [0.1, 0.15) is 13.2 Å². The molecule has 0 spiro atoms. The van der Waals surface area contributed by atoms with E-state index in [9.17, 15) is 14.4 Å². The van der Waals surface area contributed by atoms with Gasteiger partial charge in [0.2, 0.25) is 0 Å². The summed E-state index contributed by atoms with van der Waals surface area (Å²) >= 11 is 0. The Balaban J connectivity index is 4.26. The van der Waals surface area contributed by atoms with E-state index < -0.39 is 6.10 Å². The van der Waals surface area contributed by atoms with E-state index >= 15 is 0 Å². The number of ether oxygens (including phenoxy) is 3. The molecule has 6 nitrogen and oxygen atoms in total. The van der Waals surface area contributed by atoms with Gasteiger partial charge in [-0.3, -0.25) is 14.4 Å². The van der Waals surface area contributed by atoms with Gasteiger partial charge in [0.25, 0.3) is 0 Å². The molecule has 0 aromatic heterocycles. The lowest BCUT2D eigenvalue weighted by Gasteiger charge is -2.18. The van der Waals surface area contributed by atoms with E-state index in [2.05, 4.69) is 57.2 Å². The molecule has 0 aliphatic carbocycles. The van der Waals surface area contributed by atoms with Crippen LogP contribution >= 0.6 is 0 Å². The van der Waals surface area contributed by atoms with Gasteiger partial charge in [-0.2, -0.15) is 0 Å². The van der Waals surface area contributed by atoms with Gasteiger partial charge in [-0.1, -0.05) is 218 Å². The number of hydrogen-bond acceptors (Lipinski definition) is 6. The largest absolute Gasteiger partial charge is 0.462 e. The highest BCUT2D eigenvalue weighted by Gasteiger charge is 2.19. The van der Waals surface area contributed by atoms with Crippen molar-refractivity contribution in [2.24, 2.45) is 0 Å². The van der Waals surface area contributed by atoms with E-state index in [1.807, 2.05) is 0 Å². The highest BCUT2D eigenvalue weighted by molar-refractivity contribution is 5.71. The Morgan fingerprint density at radius 1 is 0.368 bits per heavy atom. The van der Waals surface area contributed by atoms with Crippen molar-refractivity contribution in [2.45, 2.75) is 258 Å². The number of esters is 3. The van der Waals surface area contributed by atoms with Gasteiger partial charge in [-0.15, -0.1) is 0 Å². The minimum atomic E-state index is -0.766. The standard InChI is InChI=1S/C51H92O6/c1-4-7-10-13-16-19-22-23-24-25-26-27-28-29-30-33-35-38-41-44-50(53)56-47-48(57-51(54)45-42-39-36-32-21-18-15-12-9-6-3)46-55-49(52)43-40-37-34-31-20-17-14-11-8-5-2/h7,10,16,19,23-24,48H,4-6,8-9,11-15,17-18,20-22,25-47H2,1-3H3/b10-7-,19-16-,24-23-. The summed E-state index contributed by atoms with van der Waals surface area (Å²) in [5, 5.41) is 0. The SMILES string of the molecule is CC/C=C\C/C=C\C/C=C\CCCCCCCCCCCC(=O)OCC(COC(=O)CCCCCCCCCCCC)OC(=O)CCCCCCCCCCCC. The first-order valence-corrected chi connectivity index (χ1v) is 24.5. The molecule has 1 unspecified atom stereocenters. The fraction of sp³-hybridized carbons (Fsp3) is 0.824. The molecule has 0 N–H and O–H groups in total. The van der Waals surface area contributed by atoms with Gasteiger partial charge < -0.3 is 14.2 Å². The molecule has 0 saturated heterocycles. The summed E-state index contributed by atoms with van der Waals surface area (Å²) in [4.78, 5) is 37.8. The van der Waals surface area contributed by atoms with E-state index in [1.165, 1.54) is 135 Å². The van der Waals surface area contributed by atoms with Crippen LogP contribution in [0.15, 0.2) is 36.5 Å². The van der Waals surface area contributed by atoms with Crippen molar-refractivity contribution < 1.29 is 28.6 Å². The number of carbonyl (C=O) groups is 3. The number of unbranched alkanes of at least 4 members (excludes halogenated alkanes) is 27. The Kier molecular flexibility index (Phi) is 44.4. The van der Waals surface area contributed by atoms with Gasteiger partial charge in [0, 0.05) is 19.3 Å².